The summed E-state index contributed by atoms with van der Waals surface area (Å²) >= 11 is 0. The molecule has 138 valence electrons. The van der Waals surface area contributed by atoms with E-state index in [0.717, 1.165) is 51.1 Å². The summed E-state index contributed by atoms with van der Waals surface area (Å²) in [6, 6.07) is 6.50. The minimum atomic E-state index is -0.212. The molecule has 0 spiro atoms. The Morgan fingerprint density at radius 2 is 2.04 bits per heavy atom. The van der Waals surface area contributed by atoms with Crippen LogP contribution in [-0.4, -0.2) is 44.9 Å². The third-order valence-electron chi connectivity index (χ3n) is 5.05. The zero-order valence-electron chi connectivity index (χ0n) is 14.7. The topological polar surface area (TPSA) is 53.6 Å². The average Bonchev–Trinajstić information content (AvgIpc) is 3.10. The molecular formula is C19H28FN3O2. The van der Waals surface area contributed by atoms with Crippen molar-refractivity contribution < 1.29 is 13.9 Å². The average molecular weight is 349 g/mol. The van der Waals surface area contributed by atoms with Crippen molar-refractivity contribution in [3.63, 3.8) is 0 Å². The van der Waals surface area contributed by atoms with Gasteiger partial charge in [-0.05, 0) is 62.3 Å². The minimum Gasteiger partial charge on any atom is -0.378 e. The van der Waals surface area contributed by atoms with E-state index < -0.39 is 0 Å². The van der Waals surface area contributed by atoms with Crippen LogP contribution in [0.25, 0.3) is 0 Å². The number of carbonyl (C=O) groups excluding carboxylic acids is 1. The number of anilines is 1. The largest absolute Gasteiger partial charge is 0.378 e. The molecule has 2 amide bonds. The molecule has 6 heteroatoms. The van der Waals surface area contributed by atoms with E-state index in [1.165, 1.54) is 18.6 Å². The molecule has 2 N–H and O–H groups in total. The zero-order valence-corrected chi connectivity index (χ0v) is 14.7. The van der Waals surface area contributed by atoms with E-state index in [1.807, 2.05) is 12.1 Å². The number of amides is 2. The Hall–Kier alpha value is -1.82. The molecule has 0 radical (unpaired) electrons. The van der Waals surface area contributed by atoms with Gasteiger partial charge in [0, 0.05) is 38.5 Å². The quantitative estimate of drug-likeness (QED) is 0.830. The van der Waals surface area contributed by atoms with Gasteiger partial charge in [-0.2, -0.15) is 0 Å². The first-order chi connectivity index (χ1) is 12.2. The zero-order chi connectivity index (χ0) is 17.5. The highest BCUT2D eigenvalue weighted by Crippen LogP contribution is 2.23. The molecule has 0 aliphatic carbocycles. The number of ether oxygens (including phenoxy) is 1. The molecule has 3 rings (SSSR count). The van der Waals surface area contributed by atoms with Crippen molar-refractivity contribution in [1.82, 2.24) is 10.6 Å². The normalized spacial score (nSPS) is 23.5. The maximum atomic E-state index is 13.0. The molecule has 0 bridgehead atoms. The van der Waals surface area contributed by atoms with Crippen LogP contribution in [0, 0.1) is 11.7 Å². The summed E-state index contributed by atoms with van der Waals surface area (Å²) in [6.07, 6.45) is 5.70. The molecule has 0 saturated carbocycles. The maximum Gasteiger partial charge on any atom is 0.314 e. The molecule has 0 unspecified atom stereocenters. The lowest BCUT2D eigenvalue weighted by Gasteiger charge is -2.22. The molecule has 2 atom stereocenters. The van der Waals surface area contributed by atoms with Crippen molar-refractivity contribution in [1.29, 1.82) is 0 Å². The van der Waals surface area contributed by atoms with E-state index in [4.69, 9.17) is 4.74 Å². The highest BCUT2D eigenvalue weighted by atomic mass is 19.1. The molecule has 2 saturated heterocycles. The van der Waals surface area contributed by atoms with Gasteiger partial charge in [0.1, 0.15) is 5.82 Å². The van der Waals surface area contributed by atoms with Gasteiger partial charge in [0.05, 0.1) is 6.10 Å². The monoisotopic (exact) mass is 349 g/mol. The van der Waals surface area contributed by atoms with Crippen molar-refractivity contribution in [2.75, 3.05) is 37.7 Å². The molecule has 0 aromatic heterocycles. The van der Waals surface area contributed by atoms with Crippen LogP contribution >= 0.6 is 0 Å². The van der Waals surface area contributed by atoms with Gasteiger partial charge in [-0.1, -0.05) is 0 Å². The molecule has 2 aliphatic heterocycles. The Morgan fingerprint density at radius 3 is 2.80 bits per heavy atom. The van der Waals surface area contributed by atoms with Crippen LogP contribution in [-0.2, 0) is 4.74 Å². The molecule has 2 fully saturated rings. The minimum absolute atomic E-state index is 0.101. The van der Waals surface area contributed by atoms with Crippen LogP contribution in [0.2, 0.25) is 0 Å². The standard InChI is InChI=1S/C19H28FN3O2/c20-16-4-6-17(7-5-16)23-11-9-15(14-23)13-22-19(24)21-10-8-18-3-1-2-12-25-18/h4-7,15,18H,1-3,8-14H2,(H2,21,22,24)/t15-,18-/m1/s1. The summed E-state index contributed by atoms with van der Waals surface area (Å²) in [4.78, 5) is 14.2. The smallest absolute Gasteiger partial charge is 0.314 e. The number of hydrogen-bond donors (Lipinski definition) is 2. The lowest BCUT2D eigenvalue weighted by molar-refractivity contribution is 0.0120. The molecule has 5 nitrogen and oxygen atoms in total. The second-order valence-electron chi connectivity index (χ2n) is 6.99. The summed E-state index contributed by atoms with van der Waals surface area (Å²) in [7, 11) is 0. The Kier molecular flexibility index (Phi) is 6.50. The van der Waals surface area contributed by atoms with E-state index in [-0.39, 0.29) is 11.8 Å². The lowest BCUT2D eigenvalue weighted by Crippen LogP contribution is -2.40. The fraction of sp³-hybridized carbons (Fsp3) is 0.632. The van der Waals surface area contributed by atoms with E-state index in [2.05, 4.69) is 15.5 Å². The molecule has 2 heterocycles. The molecule has 1 aromatic rings. The van der Waals surface area contributed by atoms with Crippen molar-refractivity contribution in [3.8, 4) is 0 Å². The highest BCUT2D eigenvalue weighted by Gasteiger charge is 2.23. The fourth-order valence-corrected chi connectivity index (χ4v) is 3.57. The number of nitrogens with one attached hydrogen (secondary N) is 2. The Balaban J connectivity index is 1.30. The van der Waals surface area contributed by atoms with Gasteiger partial charge in [-0.3, -0.25) is 0 Å². The number of rotatable bonds is 6. The number of halogens is 1. The van der Waals surface area contributed by atoms with Crippen LogP contribution < -0.4 is 15.5 Å². The van der Waals surface area contributed by atoms with E-state index >= 15 is 0 Å². The molecular weight excluding hydrogens is 321 g/mol. The highest BCUT2D eigenvalue weighted by molar-refractivity contribution is 5.73. The summed E-state index contributed by atoms with van der Waals surface area (Å²) in [5.74, 6) is 0.217. The van der Waals surface area contributed by atoms with Crippen molar-refractivity contribution >= 4 is 11.7 Å². The van der Waals surface area contributed by atoms with Crippen LogP contribution in [0.4, 0.5) is 14.9 Å². The van der Waals surface area contributed by atoms with Gasteiger partial charge in [-0.15, -0.1) is 0 Å². The maximum absolute atomic E-state index is 13.0. The number of hydrogen-bond acceptors (Lipinski definition) is 3. The second-order valence-corrected chi connectivity index (χ2v) is 6.99. The predicted octanol–water partition coefficient (Wildman–Crippen LogP) is 2.91. The first-order valence-corrected chi connectivity index (χ1v) is 9.34. The van der Waals surface area contributed by atoms with Gasteiger partial charge in [0.25, 0.3) is 0 Å². The van der Waals surface area contributed by atoms with E-state index in [0.29, 0.717) is 25.1 Å². The van der Waals surface area contributed by atoms with Gasteiger partial charge in [0.2, 0.25) is 0 Å². The fourth-order valence-electron chi connectivity index (χ4n) is 3.57. The van der Waals surface area contributed by atoms with Gasteiger partial charge < -0.3 is 20.3 Å². The van der Waals surface area contributed by atoms with Gasteiger partial charge in [-0.25, -0.2) is 9.18 Å². The SMILES string of the molecule is O=C(NCC[C@H]1CCCCO1)NC[C@H]1CCN(c2ccc(F)cc2)C1. The summed E-state index contributed by atoms with van der Waals surface area (Å²) < 4.78 is 18.7. The van der Waals surface area contributed by atoms with Crippen LogP contribution in [0.1, 0.15) is 32.1 Å². The van der Waals surface area contributed by atoms with Crippen molar-refractivity contribution in [2.24, 2.45) is 5.92 Å². The van der Waals surface area contributed by atoms with Crippen molar-refractivity contribution in [2.45, 2.75) is 38.2 Å². The second kappa shape index (κ2) is 9.04. The van der Waals surface area contributed by atoms with Crippen LogP contribution in [0.5, 0.6) is 0 Å². The number of carbonyl (C=O) groups is 1. The van der Waals surface area contributed by atoms with Gasteiger partial charge >= 0.3 is 6.03 Å². The number of nitrogens with zero attached hydrogens (tertiary/aromatic N) is 1. The van der Waals surface area contributed by atoms with Crippen LogP contribution in [0.15, 0.2) is 24.3 Å². The summed E-state index contributed by atoms with van der Waals surface area (Å²) in [6.45, 7) is 4.01. The van der Waals surface area contributed by atoms with E-state index in [1.54, 1.807) is 0 Å². The Morgan fingerprint density at radius 1 is 1.20 bits per heavy atom. The third-order valence-corrected chi connectivity index (χ3v) is 5.05. The molecule has 1 aromatic carbocycles. The number of urea groups is 1. The van der Waals surface area contributed by atoms with Crippen molar-refractivity contribution in [3.05, 3.63) is 30.1 Å². The first-order valence-electron chi connectivity index (χ1n) is 9.34. The predicted molar refractivity (Wildman–Crippen MR) is 96.3 cm³/mol. The van der Waals surface area contributed by atoms with Gasteiger partial charge in [0.15, 0.2) is 0 Å². The Bertz CT molecular complexity index is 546. The first kappa shape index (κ1) is 18.0. The summed E-state index contributed by atoms with van der Waals surface area (Å²) in [5.41, 5.74) is 1.04. The third kappa shape index (κ3) is 5.59. The number of benzene rings is 1. The van der Waals surface area contributed by atoms with Crippen LogP contribution in [0.3, 0.4) is 0 Å². The molecule has 25 heavy (non-hydrogen) atoms. The Labute approximate surface area is 148 Å². The van der Waals surface area contributed by atoms with E-state index in [9.17, 15) is 9.18 Å². The lowest BCUT2D eigenvalue weighted by atomic mass is 10.1. The summed E-state index contributed by atoms with van der Waals surface area (Å²) in [5, 5.41) is 5.88. The molecule has 2 aliphatic rings.